The van der Waals surface area contributed by atoms with E-state index >= 15 is 0 Å². The summed E-state index contributed by atoms with van der Waals surface area (Å²) in [7, 11) is 0. The van der Waals surface area contributed by atoms with Crippen LogP contribution in [0.25, 0.3) is 0 Å². The van der Waals surface area contributed by atoms with Gasteiger partial charge in [-0.25, -0.2) is 0 Å². The summed E-state index contributed by atoms with van der Waals surface area (Å²) >= 11 is 0. The Hall–Kier alpha value is -2.50. The van der Waals surface area contributed by atoms with Crippen molar-refractivity contribution in [3.8, 4) is 0 Å². The van der Waals surface area contributed by atoms with Gasteiger partial charge in [-0.3, -0.25) is 4.79 Å². The maximum Gasteiger partial charge on any atom is 0.416 e. The van der Waals surface area contributed by atoms with Crippen molar-refractivity contribution >= 4 is 11.6 Å². The van der Waals surface area contributed by atoms with E-state index in [4.69, 9.17) is 0 Å². The number of hydrogen-bond donors (Lipinski definition) is 1. The monoisotopic (exact) mass is 376 g/mol. The van der Waals surface area contributed by atoms with Crippen LogP contribution in [-0.4, -0.2) is 25.0 Å². The predicted molar refractivity (Wildman–Crippen MR) is 99.7 cm³/mol. The zero-order valence-electron chi connectivity index (χ0n) is 15.2. The Bertz CT molecular complexity index is 796. The summed E-state index contributed by atoms with van der Waals surface area (Å²) in [4.78, 5) is 14.5. The van der Waals surface area contributed by atoms with Crippen LogP contribution in [0, 0.1) is 6.92 Å². The molecule has 1 heterocycles. The number of hydrogen-bond acceptors (Lipinski definition) is 2. The number of halogens is 3. The van der Waals surface area contributed by atoms with Gasteiger partial charge < -0.3 is 10.2 Å². The SMILES string of the molecule is Cc1cccc(N2CCC(NC(=O)Cc3ccccc3C(F)(F)F)CC2)c1. The van der Waals surface area contributed by atoms with Crippen molar-refractivity contribution in [1.82, 2.24) is 5.32 Å². The lowest BCUT2D eigenvalue weighted by Gasteiger charge is -2.34. The van der Waals surface area contributed by atoms with E-state index in [1.165, 1.54) is 29.4 Å². The minimum absolute atomic E-state index is 0.00314. The Balaban J connectivity index is 1.55. The van der Waals surface area contributed by atoms with E-state index in [9.17, 15) is 18.0 Å². The van der Waals surface area contributed by atoms with Crippen LogP contribution in [0.15, 0.2) is 48.5 Å². The molecule has 3 rings (SSSR count). The van der Waals surface area contributed by atoms with Gasteiger partial charge in [0.25, 0.3) is 0 Å². The lowest BCUT2D eigenvalue weighted by molar-refractivity contribution is -0.138. The van der Waals surface area contributed by atoms with Gasteiger partial charge in [-0.15, -0.1) is 0 Å². The van der Waals surface area contributed by atoms with Crippen molar-refractivity contribution in [2.24, 2.45) is 0 Å². The van der Waals surface area contributed by atoms with Crippen molar-refractivity contribution in [3.05, 3.63) is 65.2 Å². The summed E-state index contributed by atoms with van der Waals surface area (Å²) in [5.74, 6) is -0.360. The molecule has 144 valence electrons. The number of carbonyl (C=O) groups is 1. The predicted octanol–water partition coefficient (Wildman–Crippen LogP) is 4.34. The molecular formula is C21H23F3N2O. The van der Waals surface area contributed by atoms with E-state index in [1.807, 2.05) is 6.07 Å². The fourth-order valence-corrected chi connectivity index (χ4v) is 3.51. The summed E-state index contributed by atoms with van der Waals surface area (Å²) in [6.07, 6.45) is -3.15. The van der Waals surface area contributed by atoms with Crippen LogP contribution in [0.3, 0.4) is 0 Å². The number of rotatable bonds is 4. The molecule has 0 aliphatic carbocycles. The van der Waals surface area contributed by atoms with Crippen LogP contribution in [0.2, 0.25) is 0 Å². The molecule has 27 heavy (non-hydrogen) atoms. The molecule has 0 bridgehead atoms. The van der Waals surface area contributed by atoms with E-state index in [0.29, 0.717) is 0 Å². The number of nitrogens with zero attached hydrogens (tertiary/aromatic N) is 1. The molecule has 1 amide bonds. The van der Waals surface area contributed by atoms with Crippen LogP contribution >= 0.6 is 0 Å². The third-order valence-corrected chi connectivity index (χ3v) is 4.90. The zero-order valence-corrected chi connectivity index (χ0v) is 15.2. The van der Waals surface area contributed by atoms with Gasteiger partial charge in [-0.2, -0.15) is 13.2 Å². The molecule has 1 saturated heterocycles. The number of benzene rings is 2. The third kappa shape index (κ3) is 5.02. The number of alkyl halides is 3. The van der Waals surface area contributed by atoms with Crippen molar-refractivity contribution in [2.75, 3.05) is 18.0 Å². The van der Waals surface area contributed by atoms with Crippen molar-refractivity contribution < 1.29 is 18.0 Å². The Morgan fingerprint density at radius 1 is 1.11 bits per heavy atom. The zero-order chi connectivity index (χ0) is 19.4. The van der Waals surface area contributed by atoms with Crippen LogP contribution in [0.5, 0.6) is 0 Å². The van der Waals surface area contributed by atoms with Crippen LogP contribution in [0.1, 0.15) is 29.5 Å². The van der Waals surface area contributed by atoms with Gasteiger partial charge in [0.2, 0.25) is 5.91 Å². The van der Waals surface area contributed by atoms with Crippen molar-refractivity contribution in [2.45, 2.75) is 38.4 Å². The van der Waals surface area contributed by atoms with Gasteiger partial charge in [-0.1, -0.05) is 30.3 Å². The first kappa shape index (κ1) is 19.3. The summed E-state index contributed by atoms with van der Waals surface area (Å²) < 4.78 is 39.2. The highest BCUT2D eigenvalue weighted by molar-refractivity contribution is 5.79. The Kier molecular flexibility index (Phi) is 5.73. The average Bonchev–Trinajstić information content (AvgIpc) is 2.62. The summed E-state index contributed by atoms with van der Waals surface area (Å²) in [6.45, 7) is 3.68. The average molecular weight is 376 g/mol. The first-order valence-corrected chi connectivity index (χ1v) is 9.09. The maximum atomic E-state index is 13.1. The van der Waals surface area contributed by atoms with Gasteiger partial charge in [0.15, 0.2) is 0 Å². The van der Waals surface area contributed by atoms with Gasteiger partial charge in [0, 0.05) is 24.8 Å². The lowest BCUT2D eigenvalue weighted by atomic mass is 10.0. The molecular weight excluding hydrogens is 353 g/mol. The molecule has 1 N–H and O–H groups in total. The number of amides is 1. The highest BCUT2D eigenvalue weighted by Crippen LogP contribution is 2.32. The summed E-state index contributed by atoms with van der Waals surface area (Å²) in [5, 5.41) is 2.90. The molecule has 0 spiro atoms. The topological polar surface area (TPSA) is 32.3 Å². The van der Waals surface area contributed by atoms with Gasteiger partial charge >= 0.3 is 6.18 Å². The Labute approximate surface area is 157 Å². The van der Waals surface area contributed by atoms with Crippen LogP contribution in [-0.2, 0) is 17.4 Å². The molecule has 1 aliphatic heterocycles. The Morgan fingerprint density at radius 3 is 2.48 bits per heavy atom. The molecule has 3 nitrogen and oxygen atoms in total. The lowest BCUT2D eigenvalue weighted by Crippen LogP contribution is -2.45. The molecule has 0 unspecified atom stereocenters. The molecule has 2 aromatic rings. The molecule has 0 radical (unpaired) electrons. The van der Waals surface area contributed by atoms with Gasteiger partial charge in [-0.05, 0) is 49.1 Å². The van der Waals surface area contributed by atoms with Crippen LogP contribution < -0.4 is 10.2 Å². The number of piperidine rings is 1. The third-order valence-electron chi connectivity index (χ3n) is 4.90. The first-order valence-electron chi connectivity index (χ1n) is 9.09. The Morgan fingerprint density at radius 2 is 1.81 bits per heavy atom. The fourth-order valence-electron chi connectivity index (χ4n) is 3.51. The minimum Gasteiger partial charge on any atom is -0.371 e. The highest BCUT2D eigenvalue weighted by Gasteiger charge is 2.33. The van der Waals surface area contributed by atoms with Gasteiger partial charge in [0.05, 0.1) is 12.0 Å². The second-order valence-electron chi connectivity index (χ2n) is 7.00. The smallest absolute Gasteiger partial charge is 0.371 e. The van der Waals surface area contributed by atoms with E-state index < -0.39 is 11.7 Å². The molecule has 0 atom stereocenters. The molecule has 2 aromatic carbocycles. The molecule has 1 fully saturated rings. The van der Waals surface area contributed by atoms with Crippen LogP contribution in [0.4, 0.5) is 18.9 Å². The fraction of sp³-hybridized carbons (Fsp3) is 0.381. The van der Waals surface area contributed by atoms with E-state index in [0.717, 1.165) is 32.0 Å². The minimum atomic E-state index is -4.45. The number of carbonyl (C=O) groups excluding carboxylic acids is 1. The van der Waals surface area contributed by atoms with Gasteiger partial charge in [0.1, 0.15) is 0 Å². The standard InChI is InChI=1S/C21H23F3N2O/c1-15-5-4-7-18(13-15)26-11-9-17(10-12-26)25-20(27)14-16-6-2-3-8-19(16)21(22,23)24/h2-8,13,17H,9-12,14H2,1H3,(H,25,27). The van der Waals surface area contributed by atoms with Crippen molar-refractivity contribution in [1.29, 1.82) is 0 Å². The molecule has 6 heteroatoms. The normalized spacial score (nSPS) is 15.6. The second-order valence-corrected chi connectivity index (χ2v) is 7.00. The maximum absolute atomic E-state index is 13.1. The van der Waals surface area contributed by atoms with E-state index in [-0.39, 0.29) is 23.9 Å². The largest absolute Gasteiger partial charge is 0.416 e. The summed E-state index contributed by atoms with van der Waals surface area (Å²) in [6, 6.07) is 13.5. The molecule has 1 aliphatic rings. The summed E-state index contributed by atoms with van der Waals surface area (Å²) in [5.41, 5.74) is 1.64. The van der Waals surface area contributed by atoms with E-state index in [2.05, 4.69) is 35.3 Å². The van der Waals surface area contributed by atoms with E-state index in [1.54, 1.807) is 0 Å². The molecule has 0 aromatic heterocycles. The number of nitrogens with one attached hydrogen (secondary N) is 1. The number of aryl methyl sites for hydroxylation is 1. The second kappa shape index (κ2) is 8.03. The highest BCUT2D eigenvalue weighted by atomic mass is 19.4. The quantitative estimate of drug-likeness (QED) is 0.861. The van der Waals surface area contributed by atoms with Crippen molar-refractivity contribution in [3.63, 3.8) is 0 Å². The number of anilines is 1. The molecule has 0 saturated carbocycles. The first-order chi connectivity index (χ1) is 12.8.